The zero-order valence-corrected chi connectivity index (χ0v) is 43.0. The number of rotatable bonds is 14. The van der Waals surface area contributed by atoms with Crippen LogP contribution in [-0.2, 0) is 48.9 Å². The molecule has 6 aromatic rings. The minimum absolute atomic E-state index is 0.0321. The first-order valence-corrected chi connectivity index (χ1v) is 26.1. The van der Waals surface area contributed by atoms with Crippen molar-refractivity contribution in [3.05, 3.63) is 159 Å². The molecule has 10 rings (SSSR count). The van der Waals surface area contributed by atoms with Gasteiger partial charge in [-0.2, -0.15) is 5.26 Å². The number of carbonyl (C=O) groups is 3. The number of ether oxygens (including phenoxy) is 3. The van der Waals surface area contributed by atoms with Crippen molar-refractivity contribution in [2.45, 2.75) is 64.6 Å². The summed E-state index contributed by atoms with van der Waals surface area (Å²) in [7, 11) is 3.37. The van der Waals surface area contributed by atoms with Gasteiger partial charge in [0.15, 0.2) is 0 Å². The number of amides is 3. The second-order valence-electron chi connectivity index (χ2n) is 20.1. The Morgan fingerprint density at radius 2 is 1.57 bits per heavy atom. The quantitative estimate of drug-likeness (QED) is 0.113. The van der Waals surface area contributed by atoms with Gasteiger partial charge in [-0.25, -0.2) is 4.39 Å². The van der Waals surface area contributed by atoms with E-state index in [2.05, 4.69) is 40.1 Å². The van der Waals surface area contributed by atoms with Gasteiger partial charge >= 0.3 is 0 Å². The summed E-state index contributed by atoms with van der Waals surface area (Å²) < 4.78 is 34.3. The highest BCUT2D eigenvalue weighted by molar-refractivity contribution is 6.13. The molecule has 75 heavy (non-hydrogen) atoms. The molecule has 5 heterocycles. The first kappa shape index (κ1) is 51.0. The molecule has 0 unspecified atom stereocenters. The standard InChI is InChI=1S/C60H64FN7O7/c1-40-52(60(72)68(47-12-15-50(69)16-13-47)48-14-18-57(73-3)45(30-48)36-62)35-56(63(40)2)53-31-42-19-22-66(58(70)33-43-11-17-51(34-55(43)61)75-28-25-64-23-26-74-27-24-64)37-46(42)32-54(53)59(71)67-38-44-10-6-5-9-41(44)29-49(67)39-65-20-7-4-8-21-65/h5-6,9-18,30-32,34-35,49,69H,4,7-8,19-29,33,37-39H2,1-3H3/t49-/m0/s1. The van der Waals surface area contributed by atoms with Crippen LogP contribution in [0.15, 0.2) is 103 Å². The predicted octanol–water partition coefficient (Wildman–Crippen LogP) is 8.60. The highest BCUT2D eigenvalue weighted by Gasteiger charge is 2.36. The molecule has 14 nitrogen and oxygen atoms in total. The van der Waals surface area contributed by atoms with E-state index >= 15 is 14.0 Å². The number of nitriles is 1. The number of hydrogen-bond acceptors (Lipinski definition) is 10. The zero-order chi connectivity index (χ0) is 52.2. The number of aromatic hydroxyl groups is 1. The molecule has 1 atom stereocenters. The van der Waals surface area contributed by atoms with Gasteiger partial charge in [0.25, 0.3) is 11.8 Å². The molecular weight excluding hydrogens is 950 g/mol. The van der Waals surface area contributed by atoms with Crippen molar-refractivity contribution in [1.29, 1.82) is 5.26 Å². The van der Waals surface area contributed by atoms with Crippen LogP contribution in [0, 0.1) is 24.1 Å². The van der Waals surface area contributed by atoms with Crippen molar-refractivity contribution >= 4 is 29.1 Å². The third kappa shape index (κ3) is 11.0. The van der Waals surface area contributed by atoms with Gasteiger partial charge in [0.2, 0.25) is 5.91 Å². The van der Waals surface area contributed by atoms with E-state index in [0.29, 0.717) is 103 Å². The van der Waals surface area contributed by atoms with Crippen LogP contribution in [0.4, 0.5) is 15.8 Å². The van der Waals surface area contributed by atoms with Gasteiger partial charge in [-0.15, -0.1) is 0 Å². The lowest BCUT2D eigenvalue weighted by Crippen LogP contribution is -2.51. The maximum atomic E-state index is 15.8. The smallest absolute Gasteiger partial charge is 0.264 e. The fraction of sp³-hybridized carbons (Fsp3) is 0.367. The van der Waals surface area contributed by atoms with E-state index in [0.717, 1.165) is 62.3 Å². The third-order valence-corrected chi connectivity index (χ3v) is 15.5. The molecule has 15 heteroatoms. The number of morpholine rings is 1. The number of phenolic OH excluding ortho intramolecular Hbond substituents is 1. The van der Waals surface area contributed by atoms with Gasteiger partial charge in [0, 0.05) is 93.2 Å². The number of nitrogens with zero attached hydrogens (tertiary/aromatic N) is 7. The summed E-state index contributed by atoms with van der Waals surface area (Å²) in [5.41, 5.74) is 8.39. The molecule has 1 aromatic heterocycles. The second-order valence-corrected chi connectivity index (χ2v) is 20.1. The molecule has 388 valence electrons. The van der Waals surface area contributed by atoms with Crippen LogP contribution in [0.2, 0.25) is 0 Å². The van der Waals surface area contributed by atoms with Gasteiger partial charge in [-0.1, -0.05) is 36.8 Å². The Morgan fingerprint density at radius 3 is 2.32 bits per heavy atom. The van der Waals surface area contributed by atoms with Crippen LogP contribution in [0.25, 0.3) is 11.3 Å². The Labute approximate surface area is 438 Å². The number of piperidine rings is 1. The average molecular weight is 1010 g/mol. The van der Waals surface area contributed by atoms with Gasteiger partial charge in [0.05, 0.1) is 43.6 Å². The fourth-order valence-electron chi connectivity index (χ4n) is 11.1. The Bertz CT molecular complexity index is 3140. The third-order valence-electron chi connectivity index (χ3n) is 15.5. The van der Waals surface area contributed by atoms with Crippen LogP contribution >= 0.6 is 0 Å². The number of carbonyl (C=O) groups excluding carboxylic acids is 3. The molecule has 0 aliphatic carbocycles. The first-order chi connectivity index (χ1) is 36.5. The van der Waals surface area contributed by atoms with E-state index in [1.54, 1.807) is 47.4 Å². The minimum Gasteiger partial charge on any atom is -0.508 e. The van der Waals surface area contributed by atoms with E-state index in [1.807, 2.05) is 41.6 Å². The summed E-state index contributed by atoms with van der Waals surface area (Å²) in [6, 6.07) is 32.2. The molecule has 0 spiro atoms. The van der Waals surface area contributed by atoms with E-state index in [1.165, 1.54) is 42.2 Å². The fourth-order valence-corrected chi connectivity index (χ4v) is 11.1. The monoisotopic (exact) mass is 1010 g/mol. The Kier molecular flexibility index (Phi) is 15.3. The molecule has 4 aliphatic heterocycles. The highest BCUT2D eigenvalue weighted by atomic mass is 19.1. The molecule has 0 saturated carbocycles. The Hall–Kier alpha value is -7.51. The summed E-state index contributed by atoms with van der Waals surface area (Å²) in [6.45, 7) is 9.84. The van der Waals surface area contributed by atoms with Gasteiger partial charge in [0.1, 0.15) is 35.7 Å². The molecule has 4 aliphatic rings. The van der Waals surface area contributed by atoms with Crippen LogP contribution in [-0.4, -0.2) is 126 Å². The maximum absolute atomic E-state index is 15.8. The lowest BCUT2D eigenvalue weighted by atomic mass is 9.89. The first-order valence-electron chi connectivity index (χ1n) is 26.1. The second kappa shape index (κ2) is 22.5. The van der Waals surface area contributed by atoms with Gasteiger partial charge < -0.3 is 38.6 Å². The number of aromatic nitrogens is 1. The van der Waals surface area contributed by atoms with E-state index in [4.69, 9.17) is 14.2 Å². The van der Waals surface area contributed by atoms with Crippen molar-refractivity contribution in [2.75, 3.05) is 77.6 Å². The SMILES string of the molecule is COc1ccc(N(C(=O)c2cc(-c3cc4c(cc3C(=O)N3Cc5ccccc5C[C@H]3CN3CCCCC3)CN(C(=O)Cc3ccc(OCCN5CCOCC5)cc3F)CC4)n(C)c2C)c2ccc(O)cc2)cc1C#N. The number of hydrogen-bond donors (Lipinski definition) is 1. The minimum atomic E-state index is -0.498. The molecule has 2 saturated heterocycles. The van der Waals surface area contributed by atoms with Crippen molar-refractivity contribution in [3.63, 3.8) is 0 Å². The number of benzene rings is 5. The number of halogens is 1. The summed E-state index contributed by atoms with van der Waals surface area (Å²) in [5, 5.41) is 20.3. The summed E-state index contributed by atoms with van der Waals surface area (Å²) in [6.07, 6.45) is 4.54. The lowest BCUT2D eigenvalue weighted by molar-refractivity contribution is -0.131. The maximum Gasteiger partial charge on any atom is 0.264 e. The van der Waals surface area contributed by atoms with Crippen molar-refractivity contribution in [1.82, 2.24) is 24.2 Å². The van der Waals surface area contributed by atoms with Gasteiger partial charge in [-0.05, 0) is 140 Å². The Morgan fingerprint density at radius 1 is 0.813 bits per heavy atom. The van der Waals surface area contributed by atoms with E-state index in [9.17, 15) is 15.2 Å². The van der Waals surface area contributed by atoms with Crippen LogP contribution < -0.4 is 14.4 Å². The van der Waals surface area contributed by atoms with Crippen molar-refractivity contribution < 1.29 is 38.1 Å². The molecule has 0 bridgehead atoms. The van der Waals surface area contributed by atoms with Crippen LogP contribution in [0.1, 0.15) is 79.1 Å². The van der Waals surface area contributed by atoms with Crippen LogP contribution in [0.3, 0.4) is 0 Å². The number of anilines is 2. The van der Waals surface area contributed by atoms with Crippen molar-refractivity contribution in [2.24, 2.45) is 7.05 Å². The molecule has 5 aromatic carbocycles. The largest absolute Gasteiger partial charge is 0.508 e. The predicted molar refractivity (Wildman–Crippen MR) is 284 cm³/mol. The molecule has 0 radical (unpaired) electrons. The molecule has 2 fully saturated rings. The van der Waals surface area contributed by atoms with E-state index in [-0.39, 0.29) is 53.6 Å². The molecular formula is C60H64FN7O7. The molecule has 3 amide bonds. The summed E-state index contributed by atoms with van der Waals surface area (Å²) in [4.78, 5) is 55.1. The zero-order valence-electron chi connectivity index (χ0n) is 43.0. The van der Waals surface area contributed by atoms with Crippen molar-refractivity contribution in [3.8, 4) is 34.6 Å². The lowest BCUT2D eigenvalue weighted by Gasteiger charge is -2.41. The normalized spacial score (nSPS) is 16.9. The highest BCUT2D eigenvalue weighted by Crippen LogP contribution is 2.38. The number of likely N-dealkylation sites (tertiary alicyclic amines) is 1. The number of methoxy groups -OCH3 is 1. The average Bonchev–Trinajstić information content (AvgIpc) is 3.74. The van der Waals surface area contributed by atoms with Crippen LogP contribution in [0.5, 0.6) is 17.2 Å². The summed E-state index contributed by atoms with van der Waals surface area (Å²) in [5.74, 6) is -0.423. The topological polar surface area (TPSA) is 144 Å². The number of phenols is 1. The molecule has 1 N–H and O–H groups in total. The van der Waals surface area contributed by atoms with E-state index < -0.39 is 5.82 Å². The number of fused-ring (bicyclic) bond motifs is 2. The van der Waals surface area contributed by atoms with Gasteiger partial charge in [-0.3, -0.25) is 24.2 Å². The Balaban J connectivity index is 0.992. The summed E-state index contributed by atoms with van der Waals surface area (Å²) >= 11 is 0.